The van der Waals surface area contributed by atoms with Crippen LogP contribution in [0.4, 0.5) is 0 Å². The van der Waals surface area contributed by atoms with Crippen LogP contribution in [0.2, 0.25) is 0 Å². The molecule has 0 saturated carbocycles. The molecule has 2 nitrogen and oxygen atoms in total. The second kappa shape index (κ2) is 10.2. The predicted octanol–water partition coefficient (Wildman–Crippen LogP) is 5.46. The summed E-state index contributed by atoms with van der Waals surface area (Å²) in [4.78, 5) is 6.11. The van der Waals surface area contributed by atoms with Crippen molar-refractivity contribution in [2.24, 2.45) is 0 Å². The van der Waals surface area contributed by atoms with Gasteiger partial charge in [-0.25, -0.2) is 0 Å². The van der Waals surface area contributed by atoms with Crippen LogP contribution in [0.3, 0.4) is 0 Å². The van der Waals surface area contributed by atoms with Crippen LogP contribution >= 0.6 is 0 Å². The van der Waals surface area contributed by atoms with Gasteiger partial charge in [-0.3, -0.25) is 4.84 Å². The van der Waals surface area contributed by atoms with Crippen molar-refractivity contribution in [2.75, 3.05) is 0 Å². The molecule has 0 heterocycles. The third-order valence-corrected chi connectivity index (χ3v) is 4.06. The lowest BCUT2D eigenvalue weighted by atomic mass is 10.0. The van der Waals surface area contributed by atoms with E-state index in [-0.39, 0.29) is 6.10 Å². The minimum absolute atomic E-state index is 0.122. The maximum Gasteiger partial charge on any atom is 0.104 e. The molecule has 0 radical (unpaired) electrons. The molecule has 2 aromatic carbocycles. The maximum absolute atomic E-state index is 6.11. The van der Waals surface area contributed by atoms with Gasteiger partial charge in [-0.15, -0.1) is 0 Å². The topological polar surface area (TPSA) is 21.3 Å². The summed E-state index contributed by atoms with van der Waals surface area (Å²) in [5.41, 5.74) is 5.95. The summed E-state index contributed by atoms with van der Waals surface area (Å²) in [6.07, 6.45) is 5.53. The van der Waals surface area contributed by atoms with Gasteiger partial charge >= 0.3 is 0 Å². The van der Waals surface area contributed by atoms with E-state index in [1.807, 2.05) is 0 Å². The third-order valence-electron chi connectivity index (χ3n) is 4.06. The molecule has 0 aliphatic rings. The van der Waals surface area contributed by atoms with E-state index in [4.69, 9.17) is 4.84 Å². The van der Waals surface area contributed by atoms with Gasteiger partial charge in [-0.1, -0.05) is 87.4 Å². The normalized spacial score (nSPS) is 13.7. The Morgan fingerprint density at radius 1 is 0.826 bits per heavy atom. The minimum Gasteiger partial charge on any atom is -0.293 e. The van der Waals surface area contributed by atoms with Gasteiger partial charge in [0.25, 0.3) is 0 Å². The van der Waals surface area contributed by atoms with Gasteiger partial charge < -0.3 is 0 Å². The van der Waals surface area contributed by atoms with Gasteiger partial charge in [-0.2, -0.15) is 5.48 Å². The lowest BCUT2D eigenvalue weighted by Crippen LogP contribution is -2.32. The fourth-order valence-corrected chi connectivity index (χ4v) is 2.85. The number of hydroxylamine groups is 1. The zero-order valence-electron chi connectivity index (χ0n) is 14.4. The van der Waals surface area contributed by atoms with Gasteiger partial charge in [0, 0.05) is 6.04 Å². The van der Waals surface area contributed by atoms with Crippen LogP contribution in [0.5, 0.6) is 0 Å². The van der Waals surface area contributed by atoms with E-state index < -0.39 is 0 Å². The second-order valence-electron chi connectivity index (χ2n) is 6.10. The first-order chi connectivity index (χ1) is 11.3. The van der Waals surface area contributed by atoms with E-state index in [0.29, 0.717) is 6.04 Å². The Morgan fingerprint density at radius 3 is 2.04 bits per heavy atom. The summed E-state index contributed by atoms with van der Waals surface area (Å²) >= 11 is 0. The zero-order valence-corrected chi connectivity index (χ0v) is 14.4. The van der Waals surface area contributed by atoms with Crippen molar-refractivity contribution < 1.29 is 4.84 Å². The number of hydrogen-bond donors (Lipinski definition) is 1. The number of hydrogen-bond acceptors (Lipinski definition) is 2. The Hall–Kier alpha value is -1.64. The maximum atomic E-state index is 6.11. The molecule has 0 aliphatic heterocycles. The summed E-state index contributed by atoms with van der Waals surface area (Å²) in [6, 6.07) is 21.5. The lowest BCUT2D eigenvalue weighted by molar-refractivity contribution is -0.0513. The van der Waals surface area contributed by atoms with Crippen molar-refractivity contribution in [3.63, 3.8) is 0 Å². The van der Waals surface area contributed by atoms with Crippen molar-refractivity contribution in [3.8, 4) is 0 Å². The highest BCUT2D eigenvalue weighted by atomic mass is 16.7. The zero-order chi connectivity index (χ0) is 16.3. The molecule has 0 unspecified atom stereocenters. The Balaban J connectivity index is 1.95. The van der Waals surface area contributed by atoms with E-state index in [9.17, 15) is 0 Å². The van der Waals surface area contributed by atoms with Crippen LogP contribution in [-0.4, -0.2) is 6.04 Å². The second-order valence-corrected chi connectivity index (χ2v) is 6.10. The summed E-state index contributed by atoms with van der Waals surface area (Å²) in [5.74, 6) is 0. The highest BCUT2D eigenvalue weighted by Gasteiger charge is 2.15. The Morgan fingerprint density at radius 2 is 1.43 bits per heavy atom. The van der Waals surface area contributed by atoms with Crippen LogP contribution in [-0.2, 0) is 11.3 Å². The van der Waals surface area contributed by atoms with Gasteiger partial charge in [0.15, 0.2) is 0 Å². The molecular formula is C21H29NO. The minimum atomic E-state index is 0.122. The van der Waals surface area contributed by atoms with Crippen LogP contribution in [0.25, 0.3) is 0 Å². The molecule has 2 aromatic rings. The van der Waals surface area contributed by atoms with Crippen LogP contribution in [0.15, 0.2) is 60.7 Å². The summed E-state index contributed by atoms with van der Waals surface area (Å²) < 4.78 is 0. The molecule has 1 N–H and O–H groups in total. The van der Waals surface area contributed by atoms with E-state index in [2.05, 4.69) is 80.0 Å². The molecular weight excluding hydrogens is 282 g/mol. The quantitative estimate of drug-likeness (QED) is 0.588. The van der Waals surface area contributed by atoms with E-state index >= 15 is 0 Å². The molecule has 2 heteroatoms. The molecule has 0 aliphatic carbocycles. The number of nitrogens with one attached hydrogen (secondary N) is 1. The highest BCUT2D eigenvalue weighted by molar-refractivity contribution is 5.18. The summed E-state index contributed by atoms with van der Waals surface area (Å²) in [5, 5.41) is 0. The molecule has 0 saturated heterocycles. The first-order valence-electron chi connectivity index (χ1n) is 8.83. The molecule has 2 atom stereocenters. The van der Waals surface area contributed by atoms with Crippen LogP contribution in [0, 0.1) is 0 Å². The monoisotopic (exact) mass is 311 g/mol. The average Bonchev–Trinajstić information content (AvgIpc) is 2.60. The van der Waals surface area contributed by atoms with Crippen molar-refractivity contribution in [1.82, 2.24) is 5.48 Å². The van der Waals surface area contributed by atoms with Crippen molar-refractivity contribution >= 4 is 0 Å². The fourth-order valence-electron chi connectivity index (χ4n) is 2.85. The molecule has 0 fully saturated rings. The molecule has 0 spiro atoms. The summed E-state index contributed by atoms with van der Waals surface area (Å²) in [6.45, 7) is 4.42. The largest absolute Gasteiger partial charge is 0.293 e. The van der Waals surface area contributed by atoms with Gasteiger partial charge in [0.2, 0.25) is 0 Å². The smallest absolute Gasteiger partial charge is 0.104 e. The highest BCUT2D eigenvalue weighted by Crippen LogP contribution is 2.22. The number of benzene rings is 2. The summed E-state index contributed by atoms with van der Waals surface area (Å²) in [7, 11) is 0. The van der Waals surface area contributed by atoms with E-state index in [0.717, 1.165) is 32.1 Å². The molecule has 0 aromatic heterocycles. The average molecular weight is 311 g/mol. The predicted molar refractivity (Wildman–Crippen MR) is 97.2 cm³/mol. The molecule has 2 rings (SSSR count). The lowest BCUT2D eigenvalue weighted by Gasteiger charge is -2.23. The van der Waals surface area contributed by atoms with Crippen molar-refractivity contribution in [2.45, 2.75) is 58.1 Å². The standard InChI is InChI=1S/C21H29NO/c1-3-11-20(17-18-13-7-5-8-14-18)22-23-21(12-4-2)19-15-9-6-10-16-19/h5-10,13-16,20-22H,3-4,11-12,17H2,1-2H3/t20-,21+/m0/s1. The third kappa shape index (κ3) is 6.17. The van der Waals surface area contributed by atoms with Crippen molar-refractivity contribution in [3.05, 3.63) is 71.8 Å². The van der Waals surface area contributed by atoms with Crippen molar-refractivity contribution in [1.29, 1.82) is 0 Å². The SMILES string of the molecule is CCC[C@@H](Cc1ccccc1)NO[C@H](CCC)c1ccccc1. The van der Waals surface area contributed by atoms with Gasteiger partial charge in [0.1, 0.15) is 6.10 Å². The molecule has 0 amide bonds. The molecule has 0 bridgehead atoms. The Kier molecular flexibility index (Phi) is 7.85. The Bertz CT molecular complexity index is 526. The van der Waals surface area contributed by atoms with Gasteiger partial charge in [-0.05, 0) is 30.4 Å². The van der Waals surface area contributed by atoms with Gasteiger partial charge in [0.05, 0.1) is 0 Å². The number of rotatable bonds is 10. The van der Waals surface area contributed by atoms with Crippen LogP contribution in [0.1, 0.15) is 56.8 Å². The Labute approximate surface area is 140 Å². The molecule has 124 valence electrons. The fraction of sp³-hybridized carbons (Fsp3) is 0.429. The first-order valence-corrected chi connectivity index (χ1v) is 8.83. The van der Waals surface area contributed by atoms with E-state index in [1.54, 1.807) is 0 Å². The molecule has 23 heavy (non-hydrogen) atoms. The van der Waals surface area contributed by atoms with Crippen LogP contribution < -0.4 is 5.48 Å². The van der Waals surface area contributed by atoms with E-state index in [1.165, 1.54) is 11.1 Å². The first kappa shape index (κ1) is 17.7.